The van der Waals surface area contributed by atoms with Gasteiger partial charge >= 0.3 is 6.72 Å². The van der Waals surface area contributed by atoms with Crippen LogP contribution in [0.3, 0.4) is 0 Å². The molecule has 8 heteroatoms. The summed E-state index contributed by atoms with van der Waals surface area (Å²) in [5.74, 6) is 0. The Morgan fingerprint density at radius 2 is 0.432 bits per heavy atom. The molecule has 0 unspecified atom stereocenters. The molecule has 0 aromatic rings. The summed E-state index contributed by atoms with van der Waals surface area (Å²) in [5, 5.41) is 0. The minimum Gasteiger partial charge on any atom is -0.330 e. The first-order valence-electron chi connectivity index (χ1n) is 19.1. The molecule has 0 atom stereocenters. The Labute approximate surface area is 282 Å². The molecule has 0 aliphatic carbocycles. The highest BCUT2D eigenvalue weighted by Crippen LogP contribution is 2.26. The molecule has 0 rings (SSSR count). The van der Waals surface area contributed by atoms with Crippen molar-refractivity contribution in [2.45, 2.75) is 213 Å². The van der Waals surface area contributed by atoms with Crippen molar-refractivity contribution in [3.05, 3.63) is 0 Å². The van der Waals surface area contributed by atoms with Gasteiger partial charge in [0.1, 0.15) is 0 Å². The molecule has 0 amide bonds. The summed E-state index contributed by atoms with van der Waals surface area (Å²) in [6.45, 7) is 5.62. The minimum atomic E-state index is -3.81. The smallest absolute Gasteiger partial charge is 0.319 e. The number of unbranched alkanes of at least 4 members (excludes halogenated alkanes) is 27. The van der Waals surface area contributed by atoms with E-state index in [-0.39, 0.29) is 0 Å². The van der Waals surface area contributed by atoms with Crippen LogP contribution in [0.25, 0.3) is 0 Å². The minimum absolute atomic E-state index is 0.872. The van der Waals surface area contributed by atoms with Crippen LogP contribution >= 0.6 is 6.72 Å². The van der Waals surface area contributed by atoms with Crippen LogP contribution in [0.2, 0.25) is 0 Å². The summed E-state index contributed by atoms with van der Waals surface area (Å²) in [6, 6.07) is 0. The maximum Gasteiger partial charge on any atom is 0.319 e. The quantitative estimate of drug-likeness (QED) is 0.0330. The second-order valence-corrected chi connectivity index (χ2v) is 14.9. The predicted octanol–water partition coefficient (Wildman–Crippen LogP) is 10.8. The number of hydrogen-bond acceptors (Lipinski definition) is 4. The van der Waals surface area contributed by atoms with Crippen molar-refractivity contribution in [2.24, 2.45) is 17.2 Å². The lowest BCUT2D eigenvalue weighted by molar-refractivity contribution is 0.363. The van der Waals surface area contributed by atoms with Crippen molar-refractivity contribution in [3.63, 3.8) is 0 Å². The van der Waals surface area contributed by atoms with Gasteiger partial charge in [-0.3, -0.25) is 0 Å². The second kappa shape index (κ2) is 50.3. The highest BCUT2D eigenvalue weighted by Gasteiger charge is 1.94. The number of nitrogens with two attached hydrogens (primary N) is 3. The molecule has 0 aliphatic rings. The molecule has 0 radical (unpaired) electrons. The van der Waals surface area contributed by atoms with Gasteiger partial charge in [0.15, 0.2) is 0 Å². The predicted molar refractivity (Wildman–Crippen MR) is 204 cm³/mol. The summed E-state index contributed by atoms with van der Waals surface area (Å²) in [6.07, 6.45) is 41.8. The van der Waals surface area contributed by atoms with Crippen LogP contribution in [-0.2, 0) is 11.8 Å². The third-order valence-corrected chi connectivity index (χ3v) is 7.67. The fraction of sp³-hybridized carbons (Fsp3) is 1.00. The average molecular weight is 670 g/mol. The lowest BCUT2D eigenvalue weighted by Crippen LogP contribution is -1.97. The first-order chi connectivity index (χ1) is 21.2. The van der Waals surface area contributed by atoms with E-state index in [9.17, 15) is 0 Å². The van der Waals surface area contributed by atoms with Gasteiger partial charge in [-0.2, -0.15) is 0 Å². The molecule has 6 nitrogen and oxygen atoms in total. The second-order valence-electron chi connectivity index (χ2n) is 12.4. The fourth-order valence-electron chi connectivity index (χ4n) is 4.90. The van der Waals surface area contributed by atoms with Crippen LogP contribution in [0, 0.1) is 0 Å². The van der Waals surface area contributed by atoms with Gasteiger partial charge in [0.05, 0.1) is 0 Å². The third kappa shape index (κ3) is 78.6. The fourth-order valence-corrected chi connectivity index (χ4v) is 4.90. The van der Waals surface area contributed by atoms with E-state index in [0.717, 1.165) is 19.6 Å². The molecular formula is C36H84N3O3PS. The molecule has 0 fully saturated rings. The summed E-state index contributed by atoms with van der Waals surface area (Å²) in [4.78, 5) is 22.7. The maximum absolute atomic E-state index is 7.56. The van der Waals surface area contributed by atoms with E-state index >= 15 is 0 Å². The van der Waals surface area contributed by atoms with E-state index in [1.54, 1.807) is 0 Å². The molecular weight excluding hydrogens is 585 g/mol. The summed E-state index contributed by atoms with van der Waals surface area (Å²) in [7, 11) is 0. The van der Waals surface area contributed by atoms with E-state index in [1.807, 2.05) is 0 Å². The molecule has 0 saturated carbocycles. The largest absolute Gasteiger partial charge is 0.330 e. The Morgan fingerprint density at radius 3 is 0.545 bits per heavy atom. The lowest BCUT2D eigenvalue weighted by atomic mass is 10.1. The van der Waals surface area contributed by atoms with E-state index < -0.39 is 6.72 Å². The van der Waals surface area contributed by atoms with Gasteiger partial charge in [0, 0.05) is 0 Å². The molecule has 272 valence electrons. The van der Waals surface area contributed by atoms with Crippen LogP contribution < -0.4 is 17.2 Å². The maximum atomic E-state index is 7.56. The van der Waals surface area contributed by atoms with Crippen LogP contribution in [-0.4, -0.2) is 34.3 Å². The zero-order valence-corrected chi connectivity index (χ0v) is 32.0. The highest BCUT2D eigenvalue weighted by molar-refractivity contribution is 8.06. The van der Waals surface area contributed by atoms with E-state index in [1.165, 1.54) is 193 Å². The van der Waals surface area contributed by atoms with Crippen molar-refractivity contribution in [1.29, 1.82) is 0 Å². The monoisotopic (exact) mass is 670 g/mol. The third-order valence-electron chi connectivity index (χ3n) is 7.67. The normalized spacial score (nSPS) is 10.8. The molecule has 0 spiro atoms. The van der Waals surface area contributed by atoms with Crippen molar-refractivity contribution < 1.29 is 14.7 Å². The van der Waals surface area contributed by atoms with Gasteiger partial charge in [-0.15, -0.1) is 0 Å². The zero-order valence-electron chi connectivity index (χ0n) is 30.3. The van der Waals surface area contributed by atoms with Crippen LogP contribution in [0.15, 0.2) is 0 Å². The molecule has 44 heavy (non-hydrogen) atoms. The van der Waals surface area contributed by atoms with Crippen molar-refractivity contribution in [1.82, 2.24) is 0 Å². The van der Waals surface area contributed by atoms with Gasteiger partial charge < -0.3 is 31.9 Å². The molecule has 9 N–H and O–H groups in total. The number of rotatable bonds is 30. The first kappa shape index (κ1) is 51.2. The standard InChI is InChI=1S/3C12H27N.H3O3PS/c3*1-2-3-4-5-6-7-8-9-10-11-12-13;1-4(2,3)5/h3*2-13H2,1H3;(H3,1,2,3,5). The molecule has 0 aromatic heterocycles. The Bertz CT molecular complexity index is 409. The molecule has 0 saturated heterocycles. The van der Waals surface area contributed by atoms with E-state index in [4.69, 9.17) is 31.9 Å². The highest BCUT2D eigenvalue weighted by atomic mass is 32.5. The Balaban J connectivity index is -0.000000253. The molecule has 0 aliphatic heterocycles. The Kier molecular flexibility index (Phi) is 58.6. The summed E-state index contributed by atoms with van der Waals surface area (Å²) >= 11 is 3.60. The summed E-state index contributed by atoms with van der Waals surface area (Å²) in [5.41, 5.74) is 16.3. The van der Waals surface area contributed by atoms with E-state index in [2.05, 4.69) is 32.6 Å². The van der Waals surface area contributed by atoms with Gasteiger partial charge in [-0.25, -0.2) is 0 Å². The first-order valence-corrected chi connectivity index (χ1v) is 21.8. The van der Waals surface area contributed by atoms with Crippen LogP contribution in [0.5, 0.6) is 0 Å². The van der Waals surface area contributed by atoms with Crippen molar-refractivity contribution in [3.8, 4) is 0 Å². The Morgan fingerprint density at radius 1 is 0.318 bits per heavy atom. The van der Waals surface area contributed by atoms with Crippen molar-refractivity contribution in [2.75, 3.05) is 19.6 Å². The van der Waals surface area contributed by atoms with Gasteiger partial charge in [0.2, 0.25) is 0 Å². The van der Waals surface area contributed by atoms with Gasteiger partial charge in [-0.05, 0) is 50.7 Å². The zero-order chi connectivity index (χ0) is 33.8. The molecule has 0 aromatic carbocycles. The van der Waals surface area contributed by atoms with Crippen LogP contribution in [0.1, 0.15) is 213 Å². The SMILES string of the molecule is CCCCCCCCCCCCN.CCCCCCCCCCCCN.CCCCCCCCCCCCN.OP(O)(O)=S. The topological polar surface area (TPSA) is 139 Å². The average Bonchev–Trinajstić information content (AvgIpc) is 2.98. The molecule has 0 bridgehead atoms. The Hall–Kier alpha value is 0.410. The van der Waals surface area contributed by atoms with Gasteiger partial charge in [-0.1, -0.05) is 194 Å². The van der Waals surface area contributed by atoms with Crippen molar-refractivity contribution >= 4 is 18.5 Å². The van der Waals surface area contributed by atoms with Crippen LogP contribution in [0.4, 0.5) is 0 Å². The summed E-state index contributed by atoms with van der Waals surface area (Å²) < 4.78 is 0. The molecule has 0 heterocycles. The lowest BCUT2D eigenvalue weighted by Gasteiger charge is -2.00. The van der Waals surface area contributed by atoms with Gasteiger partial charge in [0.25, 0.3) is 0 Å². The van der Waals surface area contributed by atoms with E-state index in [0.29, 0.717) is 0 Å². The number of hydrogen-bond donors (Lipinski definition) is 6.